The van der Waals surface area contributed by atoms with Crippen molar-refractivity contribution in [3.8, 4) is 11.4 Å². The maximum Gasteiger partial charge on any atom is 0.179 e. The molecule has 2 rings (SSSR count). The molecule has 1 heterocycles. The number of benzene rings is 1. The first-order valence-corrected chi connectivity index (χ1v) is 5.49. The molecule has 4 nitrogen and oxygen atoms in total. The van der Waals surface area contributed by atoms with Crippen molar-refractivity contribution in [1.82, 2.24) is 9.97 Å². The van der Waals surface area contributed by atoms with E-state index in [1.165, 1.54) is 6.92 Å². The molecule has 0 atom stereocenters. The molecule has 17 heavy (non-hydrogen) atoms. The summed E-state index contributed by atoms with van der Waals surface area (Å²) < 4.78 is 0. The van der Waals surface area contributed by atoms with E-state index in [0.29, 0.717) is 18.1 Å². The van der Waals surface area contributed by atoms with Gasteiger partial charge in [-0.3, -0.25) is 4.79 Å². The van der Waals surface area contributed by atoms with Crippen molar-refractivity contribution in [3.05, 3.63) is 41.2 Å². The number of nitrogens with zero attached hydrogens (tertiary/aromatic N) is 1. The van der Waals surface area contributed by atoms with E-state index in [1.54, 1.807) is 0 Å². The minimum Gasteiger partial charge on any atom is -0.341 e. The molecular formula is C13H15N3O. The lowest BCUT2D eigenvalue weighted by Gasteiger charge is -2.03. The van der Waals surface area contributed by atoms with Gasteiger partial charge in [-0.15, -0.1) is 0 Å². The lowest BCUT2D eigenvalue weighted by atomic mass is 10.1. The first-order valence-electron chi connectivity index (χ1n) is 5.49. The molecule has 0 saturated carbocycles. The Hall–Kier alpha value is -1.94. The predicted molar refractivity (Wildman–Crippen MR) is 66.7 cm³/mol. The summed E-state index contributed by atoms with van der Waals surface area (Å²) in [6.45, 7) is 3.81. The van der Waals surface area contributed by atoms with E-state index in [1.807, 2.05) is 31.2 Å². The van der Waals surface area contributed by atoms with Crippen LogP contribution in [0.5, 0.6) is 0 Å². The maximum absolute atomic E-state index is 11.4. The van der Waals surface area contributed by atoms with Gasteiger partial charge in [0, 0.05) is 24.7 Å². The lowest BCUT2D eigenvalue weighted by Crippen LogP contribution is -1.99. The molecule has 0 aliphatic carbocycles. The number of Topliss-reactive ketones (excluding diaryl/α,β-unsaturated/α-hetero) is 1. The van der Waals surface area contributed by atoms with E-state index in [9.17, 15) is 4.79 Å². The number of ketones is 1. The van der Waals surface area contributed by atoms with E-state index >= 15 is 0 Å². The van der Waals surface area contributed by atoms with Gasteiger partial charge in [0.2, 0.25) is 0 Å². The molecule has 1 aromatic carbocycles. The van der Waals surface area contributed by atoms with Gasteiger partial charge in [-0.05, 0) is 12.5 Å². The maximum atomic E-state index is 11.4. The average Bonchev–Trinajstić information content (AvgIpc) is 2.71. The van der Waals surface area contributed by atoms with Gasteiger partial charge >= 0.3 is 0 Å². The summed E-state index contributed by atoms with van der Waals surface area (Å²) in [7, 11) is 0. The van der Waals surface area contributed by atoms with Crippen LogP contribution in [-0.2, 0) is 6.54 Å². The van der Waals surface area contributed by atoms with Gasteiger partial charge in [0.05, 0.1) is 0 Å². The smallest absolute Gasteiger partial charge is 0.179 e. The summed E-state index contributed by atoms with van der Waals surface area (Å²) in [5, 5.41) is 0. The zero-order chi connectivity index (χ0) is 12.4. The molecule has 88 valence electrons. The van der Waals surface area contributed by atoms with Gasteiger partial charge in [0.15, 0.2) is 5.78 Å². The van der Waals surface area contributed by atoms with Crippen LogP contribution in [0.15, 0.2) is 24.3 Å². The number of carbonyl (C=O) groups excluding carboxylic acids is 1. The topological polar surface area (TPSA) is 71.8 Å². The van der Waals surface area contributed by atoms with Crippen LogP contribution in [0.2, 0.25) is 0 Å². The van der Waals surface area contributed by atoms with Gasteiger partial charge in [-0.2, -0.15) is 0 Å². The number of imidazole rings is 1. The molecule has 0 fully saturated rings. The summed E-state index contributed by atoms with van der Waals surface area (Å²) in [5.74, 6) is 0.670. The molecule has 0 unspecified atom stereocenters. The lowest BCUT2D eigenvalue weighted by molar-refractivity contribution is 0.101. The van der Waals surface area contributed by atoms with Gasteiger partial charge in [-0.1, -0.05) is 24.3 Å². The van der Waals surface area contributed by atoms with Crippen molar-refractivity contribution in [2.45, 2.75) is 20.4 Å². The molecule has 0 amide bonds. The fourth-order valence-corrected chi connectivity index (χ4v) is 1.86. The number of hydrogen-bond acceptors (Lipinski definition) is 3. The number of hydrogen-bond donors (Lipinski definition) is 2. The Morgan fingerprint density at radius 1 is 1.41 bits per heavy atom. The van der Waals surface area contributed by atoms with Gasteiger partial charge in [-0.25, -0.2) is 4.98 Å². The molecule has 0 spiro atoms. The van der Waals surface area contributed by atoms with Crippen LogP contribution < -0.4 is 5.73 Å². The zero-order valence-corrected chi connectivity index (χ0v) is 9.95. The molecule has 1 aromatic heterocycles. The number of aromatic amines is 1. The molecule has 0 radical (unpaired) electrons. The molecule has 4 heteroatoms. The number of carbonyl (C=O) groups is 1. The third-order valence-corrected chi connectivity index (χ3v) is 2.71. The average molecular weight is 229 g/mol. The molecular weight excluding hydrogens is 214 g/mol. The highest BCUT2D eigenvalue weighted by Crippen LogP contribution is 2.22. The summed E-state index contributed by atoms with van der Waals surface area (Å²) in [6.07, 6.45) is 0. The third kappa shape index (κ3) is 2.12. The van der Waals surface area contributed by atoms with Crippen LogP contribution in [0.1, 0.15) is 28.7 Å². The first kappa shape index (κ1) is 11.5. The third-order valence-electron chi connectivity index (χ3n) is 2.71. The van der Waals surface area contributed by atoms with E-state index < -0.39 is 0 Å². The summed E-state index contributed by atoms with van der Waals surface area (Å²) in [5.41, 5.74) is 8.93. The Kier molecular flexibility index (Phi) is 3.06. The van der Waals surface area contributed by atoms with Crippen molar-refractivity contribution in [2.24, 2.45) is 5.73 Å². The standard InChI is InChI=1S/C13H15N3O/c1-8-12(9(2)17)16-13(15-8)11-6-4-3-5-10(11)7-14/h3-6H,7,14H2,1-2H3,(H,15,16). The largest absolute Gasteiger partial charge is 0.341 e. The first-order chi connectivity index (χ1) is 8.13. The summed E-state index contributed by atoms with van der Waals surface area (Å²) in [4.78, 5) is 18.8. The normalized spacial score (nSPS) is 10.5. The fourth-order valence-electron chi connectivity index (χ4n) is 1.86. The van der Waals surface area contributed by atoms with Gasteiger partial charge < -0.3 is 10.7 Å². The minimum atomic E-state index is -0.0322. The second kappa shape index (κ2) is 4.51. The van der Waals surface area contributed by atoms with Crippen molar-refractivity contribution in [1.29, 1.82) is 0 Å². The Bertz CT molecular complexity index is 558. The second-order valence-corrected chi connectivity index (χ2v) is 3.98. The Labute approximate surface area is 99.9 Å². The zero-order valence-electron chi connectivity index (χ0n) is 9.95. The van der Waals surface area contributed by atoms with Gasteiger partial charge in [0.25, 0.3) is 0 Å². The Morgan fingerprint density at radius 2 is 2.12 bits per heavy atom. The number of H-pyrrole nitrogens is 1. The highest BCUT2D eigenvalue weighted by molar-refractivity contribution is 5.93. The van der Waals surface area contributed by atoms with E-state index in [-0.39, 0.29) is 5.78 Å². The predicted octanol–water partition coefficient (Wildman–Crippen LogP) is 2.05. The van der Waals surface area contributed by atoms with Crippen molar-refractivity contribution in [3.63, 3.8) is 0 Å². The summed E-state index contributed by atoms with van der Waals surface area (Å²) in [6, 6.07) is 7.78. The van der Waals surface area contributed by atoms with Crippen LogP contribution in [0.25, 0.3) is 11.4 Å². The highest BCUT2D eigenvalue weighted by atomic mass is 16.1. The quantitative estimate of drug-likeness (QED) is 0.791. The van der Waals surface area contributed by atoms with Crippen LogP contribution in [0.4, 0.5) is 0 Å². The second-order valence-electron chi connectivity index (χ2n) is 3.98. The van der Waals surface area contributed by atoms with E-state index in [4.69, 9.17) is 5.73 Å². The monoisotopic (exact) mass is 229 g/mol. The number of aromatic nitrogens is 2. The summed E-state index contributed by atoms with van der Waals surface area (Å²) >= 11 is 0. The molecule has 0 aliphatic heterocycles. The molecule has 0 saturated heterocycles. The number of aryl methyl sites for hydroxylation is 1. The number of nitrogens with two attached hydrogens (primary N) is 1. The van der Waals surface area contributed by atoms with E-state index in [0.717, 1.165) is 16.8 Å². The van der Waals surface area contributed by atoms with Crippen LogP contribution in [-0.4, -0.2) is 15.8 Å². The number of rotatable bonds is 3. The highest BCUT2D eigenvalue weighted by Gasteiger charge is 2.13. The molecule has 0 aliphatic rings. The Balaban J connectivity index is 2.53. The van der Waals surface area contributed by atoms with Crippen LogP contribution in [0, 0.1) is 6.92 Å². The van der Waals surface area contributed by atoms with Crippen molar-refractivity contribution < 1.29 is 4.79 Å². The number of nitrogens with one attached hydrogen (secondary N) is 1. The van der Waals surface area contributed by atoms with Crippen LogP contribution >= 0.6 is 0 Å². The molecule has 3 N–H and O–H groups in total. The molecule has 2 aromatic rings. The van der Waals surface area contributed by atoms with Gasteiger partial charge in [0.1, 0.15) is 11.5 Å². The van der Waals surface area contributed by atoms with E-state index in [2.05, 4.69) is 9.97 Å². The SMILES string of the molecule is CC(=O)c1nc(-c2ccccc2CN)[nH]c1C. The van der Waals surface area contributed by atoms with Crippen molar-refractivity contribution >= 4 is 5.78 Å². The van der Waals surface area contributed by atoms with Crippen molar-refractivity contribution in [2.75, 3.05) is 0 Å². The minimum absolute atomic E-state index is 0.0322. The van der Waals surface area contributed by atoms with Crippen LogP contribution in [0.3, 0.4) is 0 Å². The fraction of sp³-hybridized carbons (Fsp3) is 0.231. The Morgan fingerprint density at radius 3 is 2.71 bits per heavy atom. The molecule has 0 bridgehead atoms.